The monoisotopic (exact) mass is 354 g/mol. The summed E-state index contributed by atoms with van der Waals surface area (Å²) in [5.74, 6) is 0.777. The summed E-state index contributed by atoms with van der Waals surface area (Å²) in [6.45, 7) is 3.53. The van der Waals surface area contributed by atoms with E-state index in [0.717, 1.165) is 48.6 Å². The highest BCUT2D eigenvalue weighted by Gasteiger charge is 2.20. The molecule has 7 heteroatoms. The Morgan fingerprint density at radius 2 is 2.09 bits per heavy atom. The second-order valence-corrected chi connectivity index (χ2v) is 6.84. The van der Waals surface area contributed by atoms with Crippen LogP contribution in [-0.4, -0.2) is 49.0 Å². The number of halogens is 1. The Morgan fingerprint density at radius 3 is 2.78 bits per heavy atom. The molecule has 0 aliphatic carbocycles. The fourth-order valence-corrected chi connectivity index (χ4v) is 3.81. The van der Waals surface area contributed by atoms with Gasteiger partial charge in [0.05, 0.1) is 16.8 Å². The molecule has 1 aromatic carbocycles. The third-order valence-electron chi connectivity index (χ3n) is 4.11. The van der Waals surface area contributed by atoms with E-state index in [9.17, 15) is 4.79 Å². The first-order valence-electron chi connectivity index (χ1n) is 7.77. The molecule has 1 amide bonds. The lowest BCUT2D eigenvalue weighted by atomic mass is 9.97. The Kier molecular flexibility index (Phi) is 6.77. The van der Waals surface area contributed by atoms with Crippen molar-refractivity contribution < 1.29 is 4.79 Å². The standard InChI is InChI=1S/C16H22N4OS.ClH/c1-17-10-12-6-8-20(9-7-12)11-15(21)19-16-18-13-4-2-3-5-14(13)22-16;/h2-5,12,17H,6-11H2,1H3,(H,18,19,21);1H. The number of nitrogens with zero attached hydrogens (tertiary/aromatic N) is 2. The second kappa shape index (κ2) is 8.59. The van der Waals surface area contributed by atoms with Gasteiger partial charge in [-0.2, -0.15) is 0 Å². The molecule has 1 aliphatic rings. The molecule has 2 aromatic rings. The van der Waals surface area contributed by atoms with Crippen LogP contribution in [0.5, 0.6) is 0 Å². The van der Waals surface area contributed by atoms with Gasteiger partial charge in [0.1, 0.15) is 0 Å². The molecule has 1 fully saturated rings. The molecule has 126 valence electrons. The number of amides is 1. The number of thiazole rings is 1. The van der Waals surface area contributed by atoms with E-state index in [0.29, 0.717) is 11.7 Å². The van der Waals surface area contributed by atoms with Crippen molar-refractivity contribution in [2.75, 3.05) is 38.5 Å². The molecule has 23 heavy (non-hydrogen) atoms. The van der Waals surface area contributed by atoms with Gasteiger partial charge in [0, 0.05) is 0 Å². The van der Waals surface area contributed by atoms with E-state index >= 15 is 0 Å². The topological polar surface area (TPSA) is 57.3 Å². The van der Waals surface area contributed by atoms with Gasteiger partial charge >= 0.3 is 0 Å². The van der Waals surface area contributed by atoms with Crippen LogP contribution >= 0.6 is 23.7 Å². The van der Waals surface area contributed by atoms with Crippen LogP contribution in [0.4, 0.5) is 5.13 Å². The van der Waals surface area contributed by atoms with Gasteiger partial charge in [0.25, 0.3) is 0 Å². The van der Waals surface area contributed by atoms with Crippen LogP contribution in [0, 0.1) is 5.92 Å². The number of likely N-dealkylation sites (tertiary alicyclic amines) is 1. The quantitative estimate of drug-likeness (QED) is 0.866. The first-order chi connectivity index (χ1) is 10.7. The number of hydrogen-bond acceptors (Lipinski definition) is 5. The summed E-state index contributed by atoms with van der Waals surface area (Å²) >= 11 is 1.52. The fraction of sp³-hybridized carbons (Fsp3) is 0.500. The van der Waals surface area contributed by atoms with Gasteiger partial charge in [-0.25, -0.2) is 4.98 Å². The first-order valence-corrected chi connectivity index (χ1v) is 8.58. The predicted octanol–water partition coefficient (Wildman–Crippen LogP) is 2.59. The Balaban J connectivity index is 0.00000192. The number of benzene rings is 1. The average molecular weight is 355 g/mol. The van der Waals surface area contributed by atoms with Crippen LogP contribution in [0.25, 0.3) is 10.2 Å². The lowest BCUT2D eigenvalue weighted by Crippen LogP contribution is -2.40. The molecule has 0 bridgehead atoms. The van der Waals surface area contributed by atoms with Gasteiger partial charge in [-0.05, 0) is 57.6 Å². The molecule has 0 radical (unpaired) electrons. The summed E-state index contributed by atoms with van der Waals surface area (Å²) in [6.07, 6.45) is 2.32. The molecule has 1 saturated heterocycles. The minimum atomic E-state index is 0. The van der Waals surface area contributed by atoms with Crippen LogP contribution in [0.15, 0.2) is 24.3 Å². The van der Waals surface area contributed by atoms with Gasteiger partial charge in [-0.3, -0.25) is 9.69 Å². The molecule has 0 saturated carbocycles. The first kappa shape index (κ1) is 18.1. The van der Waals surface area contributed by atoms with Crippen molar-refractivity contribution in [3.63, 3.8) is 0 Å². The number of piperidine rings is 1. The number of anilines is 1. The van der Waals surface area contributed by atoms with Crippen LogP contribution in [0.3, 0.4) is 0 Å². The van der Waals surface area contributed by atoms with Gasteiger partial charge in [0.2, 0.25) is 5.91 Å². The zero-order valence-corrected chi connectivity index (χ0v) is 14.9. The highest BCUT2D eigenvalue weighted by Crippen LogP contribution is 2.25. The van der Waals surface area contributed by atoms with Crippen LogP contribution in [-0.2, 0) is 4.79 Å². The van der Waals surface area contributed by atoms with Gasteiger partial charge in [-0.1, -0.05) is 23.5 Å². The number of fused-ring (bicyclic) bond motifs is 1. The van der Waals surface area contributed by atoms with Crippen molar-refractivity contribution in [3.05, 3.63) is 24.3 Å². The average Bonchev–Trinajstić information content (AvgIpc) is 2.91. The lowest BCUT2D eigenvalue weighted by molar-refractivity contribution is -0.117. The van der Waals surface area contributed by atoms with Crippen molar-refractivity contribution in [1.82, 2.24) is 15.2 Å². The maximum atomic E-state index is 12.2. The summed E-state index contributed by atoms with van der Waals surface area (Å²) in [6, 6.07) is 7.94. The van der Waals surface area contributed by atoms with Gasteiger partial charge < -0.3 is 10.6 Å². The third kappa shape index (κ3) is 4.88. The Labute approximate surface area is 146 Å². The zero-order chi connectivity index (χ0) is 15.4. The summed E-state index contributed by atoms with van der Waals surface area (Å²) in [4.78, 5) is 18.8. The molecule has 5 nitrogen and oxygen atoms in total. The van der Waals surface area contributed by atoms with Crippen molar-refractivity contribution in [2.24, 2.45) is 5.92 Å². The van der Waals surface area contributed by atoms with Crippen molar-refractivity contribution >= 4 is 45.0 Å². The number of hydrogen-bond donors (Lipinski definition) is 2. The number of carbonyl (C=O) groups is 1. The maximum absolute atomic E-state index is 12.2. The summed E-state index contributed by atoms with van der Waals surface area (Å²) in [7, 11) is 2.00. The van der Waals surface area contributed by atoms with E-state index in [1.54, 1.807) is 0 Å². The molecule has 1 aliphatic heterocycles. The van der Waals surface area contributed by atoms with E-state index in [1.165, 1.54) is 11.3 Å². The van der Waals surface area contributed by atoms with E-state index in [2.05, 4.69) is 20.5 Å². The smallest absolute Gasteiger partial charge is 0.240 e. The molecule has 3 rings (SSSR count). The number of aromatic nitrogens is 1. The number of nitrogens with one attached hydrogen (secondary N) is 2. The SMILES string of the molecule is CNCC1CCN(CC(=O)Nc2nc3ccccc3s2)CC1.Cl. The molecule has 2 N–H and O–H groups in total. The van der Waals surface area contributed by atoms with Crippen molar-refractivity contribution in [2.45, 2.75) is 12.8 Å². The largest absolute Gasteiger partial charge is 0.319 e. The Bertz CT molecular complexity index is 607. The van der Waals surface area contributed by atoms with E-state index in [-0.39, 0.29) is 18.3 Å². The van der Waals surface area contributed by atoms with Crippen LogP contribution in [0.2, 0.25) is 0 Å². The summed E-state index contributed by atoms with van der Waals surface area (Å²) in [5.41, 5.74) is 0.940. The Morgan fingerprint density at radius 1 is 1.35 bits per heavy atom. The molecule has 0 spiro atoms. The van der Waals surface area contributed by atoms with E-state index < -0.39 is 0 Å². The molecule has 0 unspecified atom stereocenters. The summed E-state index contributed by atoms with van der Waals surface area (Å²) < 4.78 is 1.10. The normalized spacial score (nSPS) is 16.2. The molecule has 1 aromatic heterocycles. The van der Waals surface area contributed by atoms with Crippen LogP contribution in [0.1, 0.15) is 12.8 Å². The van der Waals surface area contributed by atoms with Crippen molar-refractivity contribution in [1.29, 1.82) is 0 Å². The fourth-order valence-electron chi connectivity index (χ4n) is 2.92. The maximum Gasteiger partial charge on any atom is 0.240 e. The molecule has 0 atom stereocenters. The highest BCUT2D eigenvalue weighted by molar-refractivity contribution is 7.22. The molecular formula is C16H23ClN4OS. The minimum Gasteiger partial charge on any atom is -0.319 e. The Hall–Kier alpha value is -1.21. The number of rotatable bonds is 5. The molecular weight excluding hydrogens is 332 g/mol. The predicted molar refractivity (Wildman–Crippen MR) is 98.6 cm³/mol. The lowest BCUT2D eigenvalue weighted by Gasteiger charge is -2.31. The van der Waals surface area contributed by atoms with Gasteiger partial charge in [0.15, 0.2) is 5.13 Å². The van der Waals surface area contributed by atoms with Crippen molar-refractivity contribution in [3.8, 4) is 0 Å². The van der Waals surface area contributed by atoms with Crippen LogP contribution < -0.4 is 10.6 Å². The zero-order valence-electron chi connectivity index (χ0n) is 13.2. The number of carbonyl (C=O) groups excluding carboxylic acids is 1. The second-order valence-electron chi connectivity index (χ2n) is 5.81. The number of para-hydroxylation sites is 1. The molecule has 2 heterocycles. The highest BCUT2D eigenvalue weighted by atomic mass is 35.5. The third-order valence-corrected chi connectivity index (χ3v) is 5.06. The summed E-state index contributed by atoms with van der Waals surface area (Å²) in [5, 5.41) is 6.85. The van der Waals surface area contributed by atoms with E-state index in [1.807, 2.05) is 31.3 Å². The van der Waals surface area contributed by atoms with Gasteiger partial charge in [-0.15, -0.1) is 12.4 Å². The van der Waals surface area contributed by atoms with E-state index in [4.69, 9.17) is 0 Å². The minimum absolute atomic E-state index is 0.